The smallest absolute Gasteiger partial charge is 0.343 e. The van der Waals surface area contributed by atoms with Crippen LogP contribution in [0.25, 0.3) is 0 Å². The molecule has 0 aliphatic carbocycles. The Balaban J connectivity index is 1.82. The number of morpholine rings is 1. The molecule has 0 bridgehead atoms. The number of anilines is 2. The van der Waals surface area contributed by atoms with E-state index in [-0.39, 0.29) is 0 Å². The highest BCUT2D eigenvalue weighted by Crippen LogP contribution is 2.25. The average molecular weight is 308 g/mol. The van der Waals surface area contributed by atoms with Gasteiger partial charge in [0.25, 0.3) is 0 Å². The van der Waals surface area contributed by atoms with E-state index in [1.54, 1.807) is 18.5 Å². The van der Waals surface area contributed by atoms with Crippen LogP contribution in [0.4, 0.5) is 11.8 Å². The number of aromatic nitrogens is 2. The van der Waals surface area contributed by atoms with Gasteiger partial charge in [-0.3, -0.25) is 0 Å². The minimum absolute atomic E-state index is 0.341. The van der Waals surface area contributed by atoms with E-state index < -0.39 is 5.97 Å². The van der Waals surface area contributed by atoms with Gasteiger partial charge >= 0.3 is 5.97 Å². The molecule has 0 unspecified atom stereocenters. The third kappa shape index (κ3) is 3.27. The van der Waals surface area contributed by atoms with Crippen molar-refractivity contribution in [2.45, 2.75) is 0 Å². The lowest BCUT2D eigenvalue weighted by molar-refractivity contribution is -0.131. The van der Waals surface area contributed by atoms with E-state index in [0.29, 0.717) is 24.1 Å². The van der Waals surface area contributed by atoms with E-state index in [0.717, 1.165) is 31.2 Å². The topological polar surface area (TPSA) is 78.8 Å². The van der Waals surface area contributed by atoms with E-state index in [9.17, 15) is 4.79 Å². The van der Waals surface area contributed by atoms with Crippen LogP contribution < -0.4 is 9.80 Å². The molecule has 1 aromatic rings. The van der Waals surface area contributed by atoms with Crippen LogP contribution in [0.1, 0.15) is 0 Å². The highest BCUT2D eigenvalue weighted by atomic mass is 32.2. The van der Waals surface area contributed by atoms with Crippen LogP contribution in [0.3, 0.4) is 0 Å². The minimum atomic E-state index is -0.896. The van der Waals surface area contributed by atoms with Crippen molar-refractivity contribution in [1.82, 2.24) is 9.97 Å². The molecule has 2 aliphatic rings. The molecule has 112 valence electrons. The summed E-state index contributed by atoms with van der Waals surface area (Å²) in [6, 6.07) is 1.80. The number of carboxylic acid groups (broad SMARTS) is 1. The predicted octanol–water partition coefficient (Wildman–Crippen LogP) is 0.792. The maximum absolute atomic E-state index is 11.1. The Kier molecular flexibility index (Phi) is 4.26. The predicted molar refractivity (Wildman–Crippen MR) is 80.6 cm³/mol. The number of hydrogen-bond donors (Lipinski definition) is 1. The van der Waals surface area contributed by atoms with Gasteiger partial charge in [0.1, 0.15) is 10.7 Å². The summed E-state index contributed by atoms with van der Waals surface area (Å²) >= 11 is 1.35. The van der Waals surface area contributed by atoms with Crippen molar-refractivity contribution in [3.05, 3.63) is 23.4 Å². The van der Waals surface area contributed by atoms with Gasteiger partial charge in [0.2, 0.25) is 5.95 Å². The van der Waals surface area contributed by atoms with Crippen molar-refractivity contribution in [2.24, 2.45) is 0 Å². The number of carboxylic acids is 1. The molecule has 0 radical (unpaired) electrons. The summed E-state index contributed by atoms with van der Waals surface area (Å²) in [7, 11) is 0. The summed E-state index contributed by atoms with van der Waals surface area (Å²) in [5.74, 6) is 1.23. The van der Waals surface area contributed by atoms with Crippen molar-refractivity contribution in [1.29, 1.82) is 0 Å². The molecular weight excluding hydrogens is 292 g/mol. The molecule has 0 amide bonds. The third-order valence-corrected chi connectivity index (χ3v) is 4.27. The number of rotatable bonds is 3. The summed E-state index contributed by atoms with van der Waals surface area (Å²) in [5.41, 5.74) is 0. The quantitative estimate of drug-likeness (QED) is 0.878. The fourth-order valence-corrected chi connectivity index (χ4v) is 3.04. The molecule has 21 heavy (non-hydrogen) atoms. The molecule has 8 heteroatoms. The molecule has 0 saturated carbocycles. The Bertz CT molecular complexity index is 560. The van der Waals surface area contributed by atoms with E-state index in [4.69, 9.17) is 9.84 Å². The van der Waals surface area contributed by atoms with Crippen LogP contribution >= 0.6 is 11.8 Å². The van der Waals surface area contributed by atoms with Gasteiger partial charge in [-0.05, 0) is 6.07 Å². The zero-order valence-corrected chi connectivity index (χ0v) is 12.3. The second-order valence-electron chi connectivity index (χ2n) is 4.65. The number of thioether (sulfide) groups is 1. The Morgan fingerprint density at radius 2 is 2.14 bits per heavy atom. The normalized spacial score (nSPS) is 19.3. The van der Waals surface area contributed by atoms with E-state index in [1.165, 1.54) is 11.8 Å². The molecule has 3 rings (SSSR count). The summed E-state index contributed by atoms with van der Waals surface area (Å²) in [5, 5.41) is 9.09. The second-order valence-corrected chi connectivity index (χ2v) is 5.79. The van der Waals surface area contributed by atoms with Crippen LogP contribution in [-0.4, -0.2) is 59.6 Å². The molecule has 1 aromatic heterocycles. The number of aliphatic carboxylic acids is 1. The fourth-order valence-electron chi connectivity index (χ4n) is 2.21. The van der Waals surface area contributed by atoms with Crippen LogP contribution in [0.15, 0.2) is 23.4 Å². The third-order valence-electron chi connectivity index (χ3n) is 3.29. The lowest BCUT2D eigenvalue weighted by Gasteiger charge is -2.28. The number of ether oxygens (including phenoxy) is 1. The first-order valence-corrected chi connectivity index (χ1v) is 7.73. The van der Waals surface area contributed by atoms with Gasteiger partial charge in [-0.25, -0.2) is 9.78 Å². The molecule has 0 aromatic carbocycles. The zero-order valence-electron chi connectivity index (χ0n) is 11.4. The maximum atomic E-state index is 11.1. The van der Waals surface area contributed by atoms with Crippen LogP contribution in [-0.2, 0) is 9.53 Å². The van der Waals surface area contributed by atoms with Crippen molar-refractivity contribution < 1.29 is 14.6 Å². The Morgan fingerprint density at radius 1 is 1.33 bits per heavy atom. The van der Waals surface area contributed by atoms with Gasteiger partial charge in [-0.2, -0.15) is 4.98 Å². The number of hydrogen-bond acceptors (Lipinski definition) is 7. The van der Waals surface area contributed by atoms with Crippen LogP contribution in [0.5, 0.6) is 0 Å². The summed E-state index contributed by atoms with van der Waals surface area (Å²) in [6.45, 7) is 3.64. The molecule has 0 spiro atoms. The summed E-state index contributed by atoms with van der Waals surface area (Å²) in [6.07, 6.45) is 3.35. The first kappa shape index (κ1) is 14.2. The molecule has 1 fully saturated rings. The monoisotopic (exact) mass is 308 g/mol. The van der Waals surface area contributed by atoms with Crippen LogP contribution in [0.2, 0.25) is 0 Å². The zero-order chi connectivity index (χ0) is 14.7. The van der Waals surface area contributed by atoms with Gasteiger partial charge < -0.3 is 19.6 Å². The van der Waals surface area contributed by atoms with Crippen molar-refractivity contribution in [3.8, 4) is 0 Å². The van der Waals surface area contributed by atoms with Gasteiger partial charge in [0.05, 0.1) is 13.2 Å². The van der Waals surface area contributed by atoms with Gasteiger partial charge in [-0.15, -0.1) is 11.8 Å². The molecule has 3 heterocycles. The van der Waals surface area contributed by atoms with E-state index in [2.05, 4.69) is 14.9 Å². The Hall–Kier alpha value is -1.80. The lowest BCUT2D eigenvalue weighted by Crippen LogP contribution is -2.37. The number of carbonyl (C=O) groups is 1. The second kappa shape index (κ2) is 6.31. The lowest BCUT2D eigenvalue weighted by atomic mass is 10.4. The van der Waals surface area contributed by atoms with Crippen LogP contribution in [0, 0.1) is 0 Å². The molecule has 1 saturated heterocycles. The fraction of sp³-hybridized carbons (Fsp3) is 0.462. The standard InChI is InChI=1S/C13H16N4O3S/c18-12(19)10-9-17(5-8-21-10)11-1-2-14-13(15-11)16-3-6-20-7-4-16/h1-2,9H,3-8H2,(H,18,19). The highest BCUT2D eigenvalue weighted by Gasteiger charge is 2.20. The van der Waals surface area contributed by atoms with Gasteiger partial charge in [0.15, 0.2) is 0 Å². The summed E-state index contributed by atoms with van der Waals surface area (Å²) in [4.78, 5) is 24.2. The average Bonchev–Trinajstić information content (AvgIpc) is 2.56. The van der Waals surface area contributed by atoms with Gasteiger partial charge in [0, 0.05) is 37.8 Å². The molecule has 1 N–H and O–H groups in total. The van der Waals surface area contributed by atoms with Crippen molar-refractivity contribution in [3.63, 3.8) is 0 Å². The van der Waals surface area contributed by atoms with E-state index >= 15 is 0 Å². The SMILES string of the molecule is O=C(O)C1=CN(c2ccnc(N3CCOCC3)n2)CCS1. The first-order chi connectivity index (χ1) is 10.2. The highest BCUT2D eigenvalue weighted by molar-refractivity contribution is 8.04. The largest absolute Gasteiger partial charge is 0.477 e. The minimum Gasteiger partial charge on any atom is -0.477 e. The molecular formula is C13H16N4O3S. The van der Waals surface area contributed by atoms with Gasteiger partial charge in [-0.1, -0.05) is 0 Å². The first-order valence-electron chi connectivity index (χ1n) is 6.74. The van der Waals surface area contributed by atoms with E-state index in [1.807, 2.05) is 4.90 Å². The number of nitrogens with zero attached hydrogens (tertiary/aromatic N) is 4. The van der Waals surface area contributed by atoms with Crippen molar-refractivity contribution in [2.75, 3.05) is 48.4 Å². The Labute approximate surface area is 126 Å². The Morgan fingerprint density at radius 3 is 2.90 bits per heavy atom. The molecule has 2 aliphatic heterocycles. The molecule has 7 nitrogen and oxygen atoms in total. The maximum Gasteiger partial charge on any atom is 0.343 e. The molecule has 0 atom stereocenters. The van der Waals surface area contributed by atoms with Crippen molar-refractivity contribution >= 4 is 29.5 Å². The summed E-state index contributed by atoms with van der Waals surface area (Å²) < 4.78 is 5.32.